The van der Waals surface area contributed by atoms with E-state index in [1.807, 2.05) is 29.6 Å². The van der Waals surface area contributed by atoms with E-state index in [2.05, 4.69) is 17.5 Å². The largest absolute Gasteiger partial charge is 0.152 e. The summed E-state index contributed by atoms with van der Waals surface area (Å²) in [7, 11) is 0. The van der Waals surface area contributed by atoms with E-state index in [4.69, 9.17) is 12.2 Å². The van der Waals surface area contributed by atoms with Gasteiger partial charge in [0.15, 0.2) is 0 Å². The molecule has 0 atom stereocenters. The Balaban J connectivity index is 2.60. The van der Waals surface area contributed by atoms with Gasteiger partial charge in [0.2, 0.25) is 0 Å². The summed E-state index contributed by atoms with van der Waals surface area (Å²) >= 11 is 6.91. The zero-order valence-corrected chi connectivity index (χ0v) is 8.57. The van der Waals surface area contributed by atoms with Crippen LogP contribution < -0.4 is 0 Å². The number of benzene rings is 1. The minimum Gasteiger partial charge on any atom is -0.152 e. The van der Waals surface area contributed by atoms with Crippen molar-refractivity contribution >= 4 is 23.6 Å². The fourth-order valence-corrected chi connectivity index (χ4v) is 2.28. The lowest BCUT2D eigenvalue weighted by Gasteiger charge is -1.98. The van der Waals surface area contributed by atoms with Gasteiger partial charge in [-0.25, -0.2) is 0 Å². The Kier molecular flexibility index (Phi) is 2.52. The van der Waals surface area contributed by atoms with Crippen molar-refractivity contribution in [2.24, 2.45) is 0 Å². The Morgan fingerprint density at radius 2 is 1.77 bits per heavy atom. The molecule has 0 amide bonds. The van der Waals surface area contributed by atoms with Gasteiger partial charge < -0.3 is 0 Å². The minimum absolute atomic E-state index is 0.921. The van der Waals surface area contributed by atoms with Crippen molar-refractivity contribution < 1.29 is 0 Å². The van der Waals surface area contributed by atoms with E-state index in [1.165, 1.54) is 5.56 Å². The highest BCUT2D eigenvalue weighted by atomic mass is 32.1. The summed E-state index contributed by atoms with van der Waals surface area (Å²) in [6, 6.07) is 12.2. The molecule has 64 valence electrons. The normalized spacial score (nSPS) is 9.85. The zero-order chi connectivity index (χ0) is 9.10. The van der Waals surface area contributed by atoms with Crippen LogP contribution in [0.2, 0.25) is 0 Å². The van der Waals surface area contributed by atoms with Crippen LogP contribution in [0, 0.1) is 4.51 Å². The van der Waals surface area contributed by atoms with Crippen LogP contribution in [0.1, 0.15) is 0 Å². The Bertz CT molecular complexity index is 443. The van der Waals surface area contributed by atoms with Crippen LogP contribution in [-0.2, 0) is 0 Å². The predicted octanol–water partition coefficient (Wildman–Crippen LogP) is 4.14. The minimum atomic E-state index is 0.921. The van der Waals surface area contributed by atoms with Crippen LogP contribution in [0.15, 0.2) is 47.2 Å². The van der Waals surface area contributed by atoms with Crippen molar-refractivity contribution in [3.05, 3.63) is 51.7 Å². The quantitative estimate of drug-likeness (QED) is 0.629. The second-order valence-electron chi connectivity index (χ2n) is 2.70. The molecule has 0 N–H and O–H groups in total. The van der Waals surface area contributed by atoms with Gasteiger partial charge in [0, 0.05) is 10.1 Å². The van der Waals surface area contributed by atoms with E-state index in [1.54, 1.807) is 11.3 Å². The summed E-state index contributed by atoms with van der Waals surface area (Å²) in [4.78, 5) is 0. The first-order chi connectivity index (χ1) is 6.38. The fourth-order valence-electron chi connectivity index (χ4n) is 1.18. The van der Waals surface area contributed by atoms with E-state index < -0.39 is 0 Å². The number of rotatable bonds is 1. The van der Waals surface area contributed by atoms with Gasteiger partial charge in [0.1, 0.15) is 0 Å². The average Bonchev–Trinajstić information content (AvgIpc) is 2.20. The topological polar surface area (TPSA) is 0 Å². The molecule has 0 aliphatic carbocycles. The number of hydrogen-bond acceptors (Lipinski definition) is 2. The maximum Gasteiger partial charge on any atom is 0.0471 e. The van der Waals surface area contributed by atoms with Crippen LogP contribution in [0.5, 0.6) is 0 Å². The molecule has 2 aromatic rings. The summed E-state index contributed by atoms with van der Waals surface area (Å²) in [6.45, 7) is 0. The molecule has 1 aromatic heterocycles. The maximum atomic E-state index is 5.24. The molecule has 0 spiro atoms. The molecule has 0 fully saturated rings. The molecule has 0 nitrogen and oxygen atoms in total. The van der Waals surface area contributed by atoms with Crippen molar-refractivity contribution in [1.82, 2.24) is 0 Å². The molecular weight excluding hydrogens is 196 g/mol. The van der Waals surface area contributed by atoms with Crippen LogP contribution >= 0.6 is 23.6 Å². The monoisotopic (exact) mass is 204 g/mol. The van der Waals surface area contributed by atoms with Crippen LogP contribution in [0.25, 0.3) is 11.1 Å². The molecule has 0 aliphatic rings. The summed E-state index contributed by atoms with van der Waals surface area (Å²) in [5.41, 5.74) is 2.35. The predicted molar refractivity (Wildman–Crippen MR) is 60.6 cm³/mol. The van der Waals surface area contributed by atoms with E-state index in [9.17, 15) is 0 Å². The van der Waals surface area contributed by atoms with Crippen LogP contribution in [-0.4, -0.2) is 0 Å². The van der Waals surface area contributed by atoms with Crippen LogP contribution in [0.3, 0.4) is 0 Å². The Morgan fingerprint density at radius 1 is 1.00 bits per heavy atom. The van der Waals surface area contributed by atoms with Crippen molar-refractivity contribution in [3.8, 4) is 11.1 Å². The summed E-state index contributed by atoms with van der Waals surface area (Å²) < 4.78 is 0.921. The van der Waals surface area contributed by atoms with E-state index in [-0.39, 0.29) is 0 Å². The average molecular weight is 204 g/mol. The summed E-state index contributed by atoms with van der Waals surface area (Å²) in [5.74, 6) is 0. The zero-order valence-electron chi connectivity index (χ0n) is 6.94. The first-order valence-electron chi connectivity index (χ1n) is 4.00. The van der Waals surface area contributed by atoms with E-state index in [0.29, 0.717) is 0 Å². The molecule has 2 rings (SSSR count). The SMILES string of the molecule is S=c1ccscc1-c1ccccc1. The molecule has 1 heterocycles. The van der Waals surface area contributed by atoms with Gasteiger partial charge in [-0.3, -0.25) is 0 Å². The third kappa shape index (κ3) is 1.85. The third-order valence-electron chi connectivity index (χ3n) is 1.83. The molecular formula is C11H8S2. The summed E-state index contributed by atoms with van der Waals surface area (Å²) in [5, 5.41) is 4.10. The van der Waals surface area contributed by atoms with Gasteiger partial charge in [-0.2, -0.15) is 11.3 Å². The Hall–Kier alpha value is -0.990. The summed E-state index contributed by atoms with van der Waals surface area (Å²) in [6.07, 6.45) is 0. The standard InChI is InChI=1S/C11H8S2/c12-11-6-7-13-8-10(11)9-4-2-1-3-5-9/h1-8H. The second kappa shape index (κ2) is 3.81. The molecule has 0 bridgehead atoms. The van der Waals surface area contributed by atoms with Crippen molar-refractivity contribution in [2.75, 3.05) is 0 Å². The van der Waals surface area contributed by atoms with Crippen molar-refractivity contribution in [3.63, 3.8) is 0 Å². The van der Waals surface area contributed by atoms with Gasteiger partial charge in [0.05, 0.1) is 0 Å². The van der Waals surface area contributed by atoms with Crippen LogP contribution in [0.4, 0.5) is 0 Å². The Labute approximate surface area is 86.5 Å². The molecule has 0 radical (unpaired) electrons. The van der Waals surface area contributed by atoms with Gasteiger partial charge in [-0.15, -0.1) is 0 Å². The lowest BCUT2D eigenvalue weighted by Crippen LogP contribution is -1.75. The molecule has 2 heteroatoms. The van der Waals surface area contributed by atoms with Gasteiger partial charge in [-0.05, 0) is 22.4 Å². The highest BCUT2D eigenvalue weighted by Crippen LogP contribution is 2.21. The van der Waals surface area contributed by atoms with Crippen molar-refractivity contribution in [2.45, 2.75) is 0 Å². The number of hydrogen-bond donors (Lipinski definition) is 0. The lowest BCUT2D eigenvalue weighted by atomic mass is 10.1. The van der Waals surface area contributed by atoms with E-state index in [0.717, 1.165) is 10.1 Å². The van der Waals surface area contributed by atoms with Gasteiger partial charge >= 0.3 is 0 Å². The van der Waals surface area contributed by atoms with E-state index >= 15 is 0 Å². The molecule has 0 aliphatic heterocycles. The van der Waals surface area contributed by atoms with Gasteiger partial charge in [-0.1, -0.05) is 42.5 Å². The molecule has 13 heavy (non-hydrogen) atoms. The maximum absolute atomic E-state index is 5.24. The molecule has 0 unspecified atom stereocenters. The second-order valence-corrected chi connectivity index (χ2v) is 3.92. The third-order valence-corrected chi connectivity index (χ3v) is 2.86. The first kappa shape index (κ1) is 8.60. The highest BCUT2D eigenvalue weighted by Gasteiger charge is 1.96. The fraction of sp³-hybridized carbons (Fsp3) is 0. The highest BCUT2D eigenvalue weighted by molar-refractivity contribution is 7.71. The van der Waals surface area contributed by atoms with Gasteiger partial charge in [0.25, 0.3) is 0 Å². The lowest BCUT2D eigenvalue weighted by molar-refractivity contribution is 1.65. The smallest absolute Gasteiger partial charge is 0.0471 e. The molecule has 0 saturated heterocycles. The molecule has 1 aromatic carbocycles. The molecule has 0 saturated carbocycles. The Morgan fingerprint density at radius 3 is 2.46 bits per heavy atom. The first-order valence-corrected chi connectivity index (χ1v) is 5.35. The van der Waals surface area contributed by atoms with Crippen molar-refractivity contribution in [1.29, 1.82) is 0 Å².